The summed E-state index contributed by atoms with van der Waals surface area (Å²) in [6.07, 6.45) is -0.392. The molecule has 1 aromatic heterocycles. The number of alkyl halides is 3. The first-order valence-corrected chi connectivity index (χ1v) is 5.21. The van der Waals surface area contributed by atoms with Crippen LogP contribution in [0.5, 0.6) is 0 Å². The third-order valence-electron chi connectivity index (χ3n) is 2.60. The van der Waals surface area contributed by atoms with Crippen LogP contribution < -0.4 is 5.32 Å². The maximum absolute atomic E-state index is 12.4. The van der Waals surface area contributed by atoms with E-state index in [1.165, 1.54) is 12.3 Å². The quantitative estimate of drug-likeness (QED) is 0.806. The molecule has 1 N–H and O–H groups in total. The Kier molecular flexibility index (Phi) is 3.09. The Hall–Kier alpha value is -1.17. The van der Waals surface area contributed by atoms with Crippen LogP contribution in [-0.2, 0) is 6.18 Å². The van der Waals surface area contributed by atoms with Crippen molar-refractivity contribution < 1.29 is 13.2 Å². The van der Waals surface area contributed by atoms with E-state index in [4.69, 9.17) is 0 Å². The van der Waals surface area contributed by atoms with Gasteiger partial charge in [0.2, 0.25) is 5.82 Å². The van der Waals surface area contributed by atoms with Gasteiger partial charge in [0.05, 0.1) is 5.69 Å². The largest absolute Gasteiger partial charge is 0.451 e. The first-order chi connectivity index (χ1) is 7.57. The van der Waals surface area contributed by atoms with E-state index in [9.17, 15) is 13.2 Å². The van der Waals surface area contributed by atoms with Gasteiger partial charge in [0.25, 0.3) is 0 Å². The number of hydrogen-bond acceptors (Lipinski definition) is 3. The molecule has 0 radical (unpaired) electrons. The van der Waals surface area contributed by atoms with Crippen LogP contribution in [0.3, 0.4) is 0 Å². The van der Waals surface area contributed by atoms with Crippen LogP contribution in [0.1, 0.15) is 36.8 Å². The minimum atomic E-state index is -4.47. The molecule has 0 saturated carbocycles. The molecule has 1 aliphatic heterocycles. The van der Waals surface area contributed by atoms with E-state index in [1.54, 1.807) is 0 Å². The fourth-order valence-electron chi connectivity index (χ4n) is 1.81. The number of halogens is 3. The van der Waals surface area contributed by atoms with Gasteiger partial charge in [-0.3, -0.25) is 0 Å². The molecular weight excluding hydrogens is 219 g/mol. The van der Waals surface area contributed by atoms with Crippen LogP contribution in [0.25, 0.3) is 0 Å². The van der Waals surface area contributed by atoms with E-state index in [2.05, 4.69) is 15.3 Å². The molecule has 0 aromatic carbocycles. The lowest BCUT2D eigenvalue weighted by Crippen LogP contribution is -2.28. The summed E-state index contributed by atoms with van der Waals surface area (Å²) in [4.78, 5) is 6.81. The lowest BCUT2D eigenvalue weighted by Gasteiger charge is -2.23. The van der Waals surface area contributed by atoms with Gasteiger partial charge in [0.15, 0.2) is 0 Å². The van der Waals surface area contributed by atoms with Gasteiger partial charge in [0, 0.05) is 12.2 Å². The van der Waals surface area contributed by atoms with E-state index in [0.29, 0.717) is 5.69 Å². The number of aromatic nitrogens is 2. The van der Waals surface area contributed by atoms with Crippen molar-refractivity contribution in [2.45, 2.75) is 31.5 Å². The summed E-state index contributed by atoms with van der Waals surface area (Å²) in [6, 6.07) is 1.47. The van der Waals surface area contributed by atoms with Gasteiger partial charge in [-0.05, 0) is 25.5 Å². The first kappa shape index (κ1) is 11.3. The predicted octanol–water partition coefficient (Wildman–Crippen LogP) is 2.31. The normalized spacial score (nSPS) is 22.1. The van der Waals surface area contributed by atoms with Gasteiger partial charge < -0.3 is 5.32 Å². The summed E-state index contributed by atoms with van der Waals surface area (Å²) < 4.78 is 37.2. The summed E-state index contributed by atoms with van der Waals surface area (Å²) in [6.45, 7) is 0.829. The van der Waals surface area contributed by atoms with E-state index < -0.39 is 12.0 Å². The summed E-state index contributed by atoms with van der Waals surface area (Å²) in [5.74, 6) is -1.06. The Morgan fingerprint density at radius 2 is 2.12 bits per heavy atom. The zero-order valence-electron chi connectivity index (χ0n) is 8.59. The molecule has 6 heteroatoms. The lowest BCUT2D eigenvalue weighted by molar-refractivity contribution is -0.145. The van der Waals surface area contributed by atoms with Crippen molar-refractivity contribution in [1.29, 1.82) is 0 Å². The van der Waals surface area contributed by atoms with Crippen molar-refractivity contribution in [2.24, 2.45) is 0 Å². The zero-order valence-corrected chi connectivity index (χ0v) is 8.59. The second kappa shape index (κ2) is 4.37. The average molecular weight is 231 g/mol. The van der Waals surface area contributed by atoms with Gasteiger partial charge in [-0.2, -0.15) is 13.2 Å². The summed E-state index contributed by atoms with van der Waals surface area (Å²) in [5, 5.41) is 3.16. The Balaban J connectivity index is 2.21. The molecule has 1 fully saturated rings. The fourth-order valence-corrected chi connectivity index (χ4v) is 1.81. The van der Waals surface area contributed by atoms with E-state index in [0.717, 1.165) is 25.8 Å². The number of hydrogen-bond donors (Lipinski definition) is 1. The molecule has 1 unspecified atom stereocenters. The van der Waals surface area contributed by atoms with Crippen LogP contribution in [0.15, 0.2) is 12.3 Å². The average Bonchev–Trinajstić information content (AvgIpc) is 2.29. The van der Waals surface area contributed by atoms with Crippen molar-refractivity contribution in [3.63, 3.8) is 0 Å². The fraction of sp³-hybridized carbons (Fsp3) is 0.600. The summed E-state index contributed by atoms with van der Waals surface area (Å²) in [7, 11) is 0. The Labute approximate surface area is 91.1 Å². The third kappa shape index (κ3) is 2.49. The monoisotopic (exact) mass is 231 g/mol. The molecule has 0 amide bonds. The number of piperidine rings is 1. The predicted molar refractivity (Wildman–Crippen MR) is 51.6 cm³/mol. The van der Waals surface area contributed by atoms with Gasteiger partial charge in [-0.1, -0.05) is 6.42 Å². The Morgan fingerprint density at radius 1 is 1.31 bits per heavy atom. The van der Waals surface area contributed by atoms with Gasteiger partial charge in [0.1, 0.15) is 0 Å². The smallest absolute Gasteiger partial charge is 0.309 e. The van der Waals surface area contributed by atoms with Gasteiger partial charge >= 0.3 is 6.18 Å². The minimum Gasteiger partial charge on any atom is -0.309 e. The van der Waals surface area contributed by atoms with Crippen molar-refractivity contribution in [3.8, 4) is 0 Å². The molecule has 3 nitrogen and oxygen atoms in total. The maximum Gasteiger partial charge on any atom is 0.451 e. The van der Waals surface area contributed by atoms with Crippen LogP contribution in [0.2, 0.25) is 0 Å². The molecule has 1 aliphatic rings. The molecule has 2 rings (SSSR count). The van der Waals surface area contributed by atoms with Crippen molar-refractivity contribution in [3.05, 3.63) is 23.8 Å². The van der Waals surface area contributed by atoms with Crippen molar-refractivity contribution >= 4 is 0 Å². The number of nitrogens with zero attached hydrogens (tertiary/aromatic N) is 2. The highest BCUT2D eigenvalue weighted by atomic mass is 19.4. The molecule has 1 atom stereocenters. The highest BCUT2D eigenvalue weighted by Gasteiger charge is 2.35. The van der Waals surface area contributed by atoms with Gasteiger partial charge in [-0.15, -0.1) is 0 Å². The summed E-state index contributed by atoms with van der Waals surface area (Å²) in [5.41, 5.74) is 0.432. The Morgan fingerprint density at radius 3 is 2.75 bits per heavy atom. The van der Waals surface area contributed by atoms with Crippen molar-refractivity contribution in [1.82, 2.24) is 15.3 Å². The Bertz CT molecular complexity index is 359. The topological polar surface area (TPSA) is 37.8 Å². The second-order valence-corrected chi connectivity index (χ2v) is 3.81. The van der Waals surface area contributed by atoms with Gasteiger partial charge in [-0.25, -0.2) is 9.97 Å². The SMILES string of the molecule is FC(F)(F)c1nccc(C2CCCCN2)n1. The van der Waals surface area contributed by atoms with Crippen LogP contribution in [0, 0.1) is 0 Å². The molecule has 0 aliphatic carbocycles. The van der Waals surface area contributed by atoms with Crippen LogP contribution >= 0.6 is 0 Å². The maximum atomic E-state index is 12.4. The molecular formula is C10H12F3N3. The van der Waals surface area contributed by atoms with Crippen molar-refractivity contribution in [2.75, 3.05) is 6.54 Å². The second-order valence-electron chi connectivity index (χ2n) is 3.81. The molecule has 0 bridgehead atoms. The molecule has 1 saturated heterocycles. The highest BCUT2D eigenvalue weighted by molar-refractivity contribution is 5.09. The van der Waals surface area contributed by atoms with E-state index in [-0.39, 0.29) is 6.04 Å². The molecule has 0 spiro atoms. The highest BCUT2D eigenvalue weighted by Crippen LogP contribution is 2.28. The lowest BCUT2D eigenvalue weighted by atomic mass is 10.0. The standard InChI is InChI=1S/C10H12F3N3/c11-10(12,13)9-15-6-4-8(16-9)7-3-1-2-5-14-7/h4,6-7,14H,1-3,5H2. The zero-order chi connectivity index (χ0) is 11.6. The van der Waals surface area contributed by atoms with Crippen LogP contribution in [-0.4, -0.2) is 16.5 Å². The molecule has 2 heterocycles. The first-order valence-electron chi connectivity index (χ1n) is 5.21. The van der Waals surface area contributed by atoms with E-state index >= 15 is 0 Å². The number of rotatable bonds is 1. The van der Waals surface area contributed by atoms with Crippen LogP contribution in [0.4, 0.5) is 13.2 Å². The molecule has 88 valence electrons. The minimum absolute atomic E-state index is 0.0714. The molecule has 16 heavy (non-hydrogen) atoms. The number of nitrogens with one attached hydrogen (secondary N) is 1. The summed E-state index contributed by atoms with van der Waals surface area (Å²) >= 11 is 0. The third-order valence-corrected chi connectivity index (χ3v) is 2.60. The molecule has 1 aromatic rings. The van der Waals surface area contributed by atoms with E-state index in [1.807, 2.05) is 0 Å².